The first-order valence-corrected chi connectivity index (χ1v) is 9.61. The smallest absolute Gasteiger partial charge is 0.281 e. The van der Waals surface area contributed by atoms with Crippen LogP contribution in [0.1, 0.15) is 24.5 Å². The molecule has 6 heteroatoms. The zero-order valence-corrected chi connectivity index (χ0v) is 15.0. The fourth-order valence-corrected chi connectivity index (χ4v) is 4.09. The van der Waals surface area contributed by atoms with Crippen LogP contribution in [0.5, 0.6) is 0 Å². The molecule has 1 saturated heterocycles. The first kappa shape index (κ1) is 17.3. The first-order valence-electron chi connectivity index (χ1n) is 8.62. The van der Waals surface area contributed by atoms with Gasteiger partial charge in [0, 0.05) is 50.9 Å². The fraction of sp³-hybridized carbons (Fsp3) is 0.556. The normalized spacial score (nSPS) is 19.2. The number of hydrogen-bond donors (Lipinski definition) is 1. The first-order chi connectivity index (χ1) is 11.6. The van der Waals surface area contributed by atoms with Crippen LogP contribution < -0.4 is 5.32 Å². The number of rotatable bonds is 6. The third-order valence-electron chi connectivity index (χ3n) is 4.83. The molecule has 0 aromatic heterocycles. The number of benzene rings is 1. The summed E-state index contributed by atoms with van der Waals surface area (Å²) in [5, 5.41) is 3.12. The van der Waals surface area contributed by atoms with Gasteiger partial charge in [0.15, 0.2) is 0 Å². The Labute approximate surface area is 147 Å². The van der Waals surface area contributed by atoms with E-state index in [-0.39, 0.29) is 11.1 Å². The van der Waals surface area contributed by atoms with E-state index in [1.807, 2.05) is 0 Å². The molecule has 0 spiro atoms. The second-order valence-corrected chi connectivity index (χ2v) is 7.54. The molecule has 0 bridgehead atoms. The molecule has 2 aliphatic heterocycles. The SMILES string of the molecule is CC(CNC(=O)CCN1CCSC1=O)N1CCc2ccccc2C1. The van der Waals surface area contributed by atoms with E-state index in [2.05, 4.69) is 41.4 Å². The van der Waals surface area contributed by atoms with Crippen molar-refractivity contribution in [3.05, 3.63) is 35.4 Å². The third kappa shape index (κ3) is 4.30. The standard InChI is InChI=1S/C18H25N3O2S/c1-14(21-8-6-15-4-2-3-5-16(15)13-21)12-19-17(22)7-9-20-10-11-24-18(20)23/h2-5,14H,6-13H2,1H3,(H,19,22). The summed E-state index contributed by atoms with van der Waals surface area (Å²) in [7, 11) is 0. The van der Waals surface area contributed by atoms with Crippen molar-refractivity contribution in [1.82, 2.24) is 15.1 Å². The van der Waals surface area contributed by atoms with Gasteiger partial charge in [0.05, 0.1) is 0 Å². The van der Waals surface area contributed by atoms with Gasteiger partial charge in [0.2, 0.25) is 5.91 Å². The third-order valence-corrected chi connectivity index (χ3v) is 5.72. The zero-order chi connectivity index (χ0) is 16.9. The van der Waals surface area contributed by atoms with E-state index in [4.69, 9.17) is 0 Å². The van der Waals surface area contributed by atoms with E-state index in [0.29, 0.717) is 25.6 Å². The lowest BCUT2D eigenvalue weighted by molar-refractivity contribution is -0.121. The maximum atomic E-state index is 12.0. The van der Waals surface area contributed by atoms with E-state index in [1.54, 1.807) is 4.90 Å². The highest BCUT2D eigenvalue weighted by Gasteiger charge is 2.22. The molecular weight excluding hydrogens is 322 g/mol. The maximum absolute atomic E-state index is 12.0. The van der Waals surface area contributed by atoms with E-state index in [1.165, 1.54) is 22.9 Å². The fourth-order valence-electron chi connectivity index (χ4n) is 3.24. The summed E-state index contributed by atoms with van der Waals surface area (Å²) in [6, 6.07) is 8.90. The molecule has 1 atom stereocenters. The summed E-state index contributed by atoms with van der Waals surface area (Å²) >= 11 is 1.34. The Hall–Kier alpha value is -1.53. The van der Waals surface area contributed by atoms with Crippen molar-refractivity contribution in [3.8, 4) is 0 Å². The van der Waals surface area contributed by atoms with Crippen LogP contribution in [-0.4, -0.2) is 58.9 Å². The van der Waals surface area contributed by atoms with Crippen LogP contribution in [0.3, 0.4) is 0 Å². The van der Waals surface area contributed by atoms with Crippen LogP contribution in [0, 0.1) is 0 Å². The van der Waals surface area contributed by atoms with Crippen molar-refractivity contribution in [2.45, 2.75) is 32.4 Å². The molecular formula is C18H25N3O2S. The van der Waals surface area contributed by atoms with Gasteiger partial charge in [-0.2, -0.15) is 0 Å². The Kier molecular flexibility index (Phi) is 5.79. The second kappa shape index (κ2) is 8.03. The Morgan fingerprint density at radius 1 is 1.29 bits per heavy atom. The van der Waals surface area contributed by atoms with Crippen molar-refractivity contribution in [3.63, 3.8) is 0 Å². The molecule has 2 aliphatic rings. The monoisotopic (exact) mass is 347 g/mol. The second-order valence-electron chi connectivity index (χ2n) is 6.49. The van der Waals surface area contributed by atoms with Crippen LogP contribution in [0.4, 0.5) is 4.79 Å². The Bertz CT molecular complexity index is 608. The van der Waals surface area contributed by atoms with E-state index < -0.39 is 0 Å². The van der Waals surface area contributed by atoms with Gasteiger partial charge >= 0.3 is 0 Å². The average Bonchev–Trinajstić information content (AvgIpc) is 3.02. The van der Waals surface area contributed by atoms with E-state index in [0.717, 1.165) is 31.8 Å². The lowest BCUT2D eigenvalue weighted by atomic mass is 9.99. The van der Waals surface area contributed by atoms with Crippen LogP contribution in [-0.2, 0) is 17.8 Å². The highest BCUT2D eigenvalue weighted by Crippen LogP contribution is 2.20. The molecule has 0 aliphatic carbocycles. The topological polar surface area (TPSA) is 52.7 Å². The molecule has 3 rings (SSSR count). The molecule has 1 fully saturated rings. The highest BCUT2D eigenvalue weighted by molar-refractivity contribution is 8.13. The molecule has 1 aromatic carbocycles. The van der Waals surface area contributed by atoms with Crippen LogP contribution in [0.15, 0.2) is 24.3 Å². The predicted octanol–water partition coefficient (Wildman–Crippen LogP) is 2.11. The highest BCUT2D eigenvalue weighted by atomic mass is 32.2. The van der Waals surface area contributed by atoms with Crippen molar-refractivity contribution >= 4 is 22.9 Å². The molecule has 0 saturated carbocycles. The Morgan fingerprint density at radius 2 is 2.08 bits per heavy atom. The van der Waals surface area contributed by atoms with E-state index >= 15 is 0 Å². The predicted molar refractivity (Wildman–Crippen MR) is 97.1 cm³/mol. The van der Waals surface area contributed by atoms with Gasteiger partial charge in [-0.05, 0) is 24.5 Å². The Morgan fingerprint density at radius 3 is 2.83 bits per heavy atom. The molecule has 1 unspecified atom stereocenters. The van der Waals surface area contributed by atoms with Crippen LogP contribution in [0.25, 0.3) is 0 Å². The van der Waals surface area contributed by atoms with Gasteiger partial charge in [0.25, 0.3) is 5.24 Å². The van der Waals surface area contributed by atoms with Crippen LogP contribution >= 0.6 is 11.8 Å². The number of nitrogens with one attached hydrogen (secondary N) is 1. The van der Waals surface area contributed by atoms with Gasteiger partial charge < -0.3 is 10.2 Å². The average molecular weight is 347 g/mol. The van der Waals surface area contributed by atoms with Gasteiger partial charge in [0.1, 0.15) is 0 Å². The van der Waals surface area contributed by atoms with E-state index in [9.17, 15) is 9.59 Å². The Balaban J connectivity index is 1.40. The quantitative estimate of drug-likeness (QED) is 0.856. The number of hydrogen-bond acceptors (Lipinski definition) is 4. The molecule has 130 valence electrons. The van der Waals surface area contributed by atoms with Gasteiger partial charge in [-0.15, -0.1) is 0 Å². The van der Waals surface area contributed by atoms with Crippen molar-refractivity contribution < 1.29 is 9.59 Å². The van der Waals surface area contributed by atoms with Crippen molar-refractivity contribution in [2.75, 3.05) is 31.9 Å². The summed E-state index contributed by atoms with van der Waals surface area (Å²) in [6.07, 6.45) is 1.46. The van der Waals surface area contributed by atoms with Gasteiger partial charge in [-0.3, -0.25) is 14.5 Å². The molecule has 24 heavy (non-hydrogen) atoms. The minimum atomic E-state index is 0.0314. The molecule has 1 aromatic rings. The lowest BCUT2D eigenvalue weighted by Gasteiger charge is -2.33. The number of carbonyl (C=O) groups excluding carboxylic acids is 2. The number of thioether (sulfide) groups is 1. The molecule has 1 N–H and O–H groups in total. The number of amides is 2. The number of carbonyl (C=O) groups is 2. The zero-order valence-electron chi connectivity index (χ0n) is 14.2. The molecule has 5 nitrogen and oxygen atoms in total. The minimum Gasteiger partial charge on any atom is -0.354 e. The van der Waals surface area contributed by atoms with Gasteiger partial charge in [-0.25, -0.2) is 0 Å². The summed E-state index contributed by atoms with van der Waals surface area (Å²) in [5.41, 5.74) is 2.84. The minimum absolute atomic E-state index is 0.0314. The number of fused-ring (bicyclic) bond motifs is 1. The largest absolute Gasteiger partial charge is 0.354 e. The molecule has 2 heterocycles. The number of nitrogens with zero attached hydrogens (tertiary/aromatic N) is 2. The summed E-state index contributed by atoms with van der Waals surface area (Å²) in [5.74, 6) is 0.873. The maximum Gasteiger partial charge on any atom is 0.281 e. The van der Waals surface area contributed by atoms with Gasteiger partial charge in [-0.1, -0.05) is 36.0 Å². The lowest BCUT2D eigenvalue weighted by Crippen LogP contribution is -2.44. The summed E-state index contributed by atoms with van der Waals surface area (Å²) < 4.78 is 0. The van der Waals surface area contributed by atoms with Crippen molar-refractivity contribution in [1.29, 1.82) is 0 Å². The summed E-state index contributed by atoms with van der Waals surface area (Å²) in [6.45, 7) is 6.10. The summed E-state index contributed by atoms with van der Waals surface area (Å²) in [4.78, 5) is 27.7. The van der Waals surface area contributed by atoms with Crippen LogP contribution in [0.2, 0.25) is 0 Å². The molecule has 2 amide bonds. The molecule has 0 radical (unpaired) electrons. The van der Waals surface area contributed by atoms with Crippen molar-refractivity contribution in [2.24, 2.45) is 0 Å².